The average Bonchev–Trinajstić information content (AvgIpc) is 3.22. The molecule has 0 aromatic heterocycles. The molecule has 2 aliphatic rings. The lowest BCUT2D eigenvalue weighted by molar-refractivity contribution is -0.929. The van der Waals surface area contributed by atoms with Crippen LogP contribution in [0.1, 0.15) is 119 Å². The maximum Gasteiger partial charge on any atom is 0.418 e. The Morgan fingerprint density at radius 2 is 1.47 bits per heavy atom. The fourth-order valence-electron chi connectivity index (χ4n) is 5.86. The summed E-state index contributed by atoms with van der Waals surface area (Å²) in [6.07, 6.45) is 10.9. The first-order valence-corrected chi connectivity index (χ1v) is 18.9. The Bertz CT molecular complexity index is 1020. The standard InChI is InChI=1S/C16H28N4O9S.C16H36N/c1-16(2,3)6-7-18(15(23)24)8-9-28-17-13(21)12-5-4-11-10-19(12)14(22)20(11)29-30(25,26)27;1-5-9-13-17(14-10-6-2,15-11-7-3)16-12-8-4/h11-12H,4-10H2,1-3H3,(H,17,21)(H,23,24)(H,25,26,27);5-16H2,1-4H3/q;+1/p-1/t11-,12+;/m1./s1. The van der Waals surface area contributed by atoms with Crippen molar-refractivity contribution in [2.75, 3.05) is 52.4 Å². The van der Waals surface area contributed by atoms with Crippen LogP contribution in [0.2, 0.25) is 0 Å². The van der Waals surface area contributed by atoms with E-state index in [1.807, 2.05) is 20.8 Å². The first-order valence-electron chi connectivity index (χ1n) is 17.5. The number of carboxylic acid groups (broad SMARTS) is 1. The van der Waals surface area contributed by atoms with E-state index in [9.17, 15) is 27.9 Å². The van der Waals surface area contributed by atoms with Gasteiger partial charge in [0.15, 0.2) is 0 Å². The molecule has 0 unspecified atom stereocenters. The molecule has 2 rings (SSSR count). The Balaban J connectivity index is 0.000000554. The Hall–Kier alpha value is -2.20. The molecule has 2 aliphatic heterocycles. The van der Waals surface area contributed by atoms with Crippen molar-refractivity contribution < 1.29 is 46.1 Å². The minimum atomic E-state index is -4.87. The lowest BCUT2D eigenvalue weighted by Gasteiger charge is -2.39. The Labute approximate surface area is 283 Å². The molecule has 0 aromatic carbocycles. The summed E-state index contributed by atoms with van der Waals surface area (Å²) in [5, 5.41) is 11.7. The molecule has 2 atom stereocenters. The molecule has 15 heteroatoms. The van der Waals surface area contributed by atoms with Crippen molar-refractivity contribution in [3.05, 3.63) is 0 Å². The van der Waals surface area contributed by atoms with E-state index in [1.54, 1.807) is 0 Å². The van der Waals surface area contributed by atoms with Crippen LogP contribution in [0.15, 0.2) is 0 Å². The molecule has 2 saturated heterocycles. The SMILES string of the molecule is CC(C)(C)CCN(CCONC(=O)[C@@H]1CC[C@@H]2CN1C(=O)N2OS(=O)(=O)O)C(=O)[O-].CCCC[N+](CCCC)(CCCC)CCCC. The van der Waals surface area contributed by atoms with E-state index >= 15 is 0 Å². The maximum absolute atomic E-state index is 12.4. The molecule has 2 N–H and O–H groups in total. The fraction of sp³-hybridized carbons (Fsp3) is 0.906. The first kappa shape index (κ1) is 42.8. The Morgan fingerprint density at radius 1 is 0.957 bits per heavy atom. The van der Waals surface area contributed by atoms with Crippen LogP contribution in [0.3, 0.4) is 0 Å². The van der Waals surface area contributed by atoms with Gasteiger partial charge in [0.2, 0.25) is 0 Å². The lowest BCUT2D eigenvalue weighted by atomic mass is 9.92. The van der Waals surface area contributed by atoms with Gasteiger partial charge >= 0.3 is 16.4 Å². The van der Waals surface area contributed by atoms with Gasteiger partial charge in [-0.2, -0.15) is 13.5 Å². The summed E-state index contributed by atoms with van der Waals surface area (Å²) >= 11 is 0. The summed E-state index contributed by atoms with van der Waals surface area (Å²) in [5.41, 5.74) is 2.13. The van der Waals surface area contributed by atoms with Crippen LogP contribution in [-0.4, -0.2) is 115 Å². The highest BCUT2D eigenvalue weighted by Gasteiger charge is 2.49. The van der Waals surface area contributed by atoms with Crippen molar-refractivity contribution in [2.24, 2.45) is 5.41 Å². The van der Waals surface area contributed by atoms with Crippen molar-refractivity contribution in [1.82, 2.24) is 20.3 Å². The van der Waals surface area contributed by atoms with Gasteiger partial charge in [-0.3, -0.25) is 14.2 Å². The molecule has 2 bridgehead atoms. The Morgan fingerprint density at radius 3 is 1.89 bits per heavy atom. The molecule has 47 heavy (non-hydrogen) atoms. The minimum absolute atomic E-state index is 0.00986. The maximum atomic E-state index is 12.4. The van der Waals surface area contributed by atoms with E-state index in [0.717, 1.165) is 9.80 Å². The highest BCUT2D eigenvalue weighted by Crippen LogP contribution is 2.30. The van der Waals surface area contributed by atoms with E-state index in [1.165, 1.54) is 82.0 Å². The van der Waals surface area contributed by atoms with Gasteiger partial charge in [0.1, 0.15) is 12.1 Å². The molecule has 0 aliphatic carbocycles. The van der Waals surface area contributed by atoms with Gasteiger partial charge in [0.05, 0.1) is 38.8 Å². The number of unbranched alkanes of at least 4 members (excludes halogenated alkanes) is 4. The highest BCUT2D eigenvalue weighted by atomic mass is 32.3. The molecular weight excluding hydrogens is 630 g/mol. The number of hydroxylamine groups is 3. The summed E-state index contributed by atoms with van der Waals surface area (Å²) in [6, 6.07) is -2.38. The molecule has 4 amide bonds. The van der Waals surface area contributed by atoms with Crippen LogP contribution in [0, 0.1) is 5.41 Å². The zero-order valence-electron chi connectivity index (χ0n) is 30.0. The molecule has 2 heterocycles. The average molecular weight is 694 g/mol. The van der Waals surface area contributed by atoms with E-state index in [4.69, 9.17) is 9.39 Å². The number of hydrogen-bond acceptors (Lipinski definition) is 8. The van der Waals surface area contributed by atoms with Crippen molar-refractivity contribution in [1.29, 1.82) is 0 Å². The van der Waals surface area contributed by atoms with Gasteiger partial charge < -0.3 is 24.2 Å². The number of nitrogens with zero attached hydrogens (tertiary/aromatic N) is 4. The number of rotatable bonds is 21. The van der Waals surface area contributed by atoms with Crippen molar-refractivity contribution >= 4 is 28.4 Å². The largest absolute Gasteiger partial charge is 0.530 e. The monoisotopic (exact) mass is 693 g/mol. The zero-order valence-corrected chi connectivity index (χ0v) is 30.8. The summed E-state index contributed by atoms with van der Waals surface area (Å²) in [4.78, 5) is 43.1. The smallest absolute Gasteiger partial charge is 0.418 e. The third-order valence-electron chi connectivity index (χ3n) is 8.77. The van der Waals surface area contributed by atoms with Gasteiger partial charge in [-0.1, -0.05) is 74.1 Å². The summed E-state index contributed by atoms with van der Waals surface area (Å²) in [7, 11) is -4.87. The second kappa shape index (κ2) is 21.0. The van der Waals surface area contributed by atoms with E-state index < -0.39 is 40.5 Å². The van der Waals surface area contributed by atoms with Crippen LogP contribution in [0.5, 0.6) is 0 Å². The molecule has 276 valence electrons. The Kier molecular flexibility index (Phi) is 19.1. The number of urea groups is 1. The number of nitrogens with one attached hydrogen (secondary N) is 1. The predicted octanol–water partition coefficient (Wildman–Crippen LogP) is 4.12. The van der Waals surface area contributed by atoms with Gasteiger partial charge in [-0.25, -0.2) is 10.3 Å². The van der Waals surface area contributed by atoms with E-state index in [-0.39, 0.29) is 44.5 Å². The van der Waals surface area contributed by atoms with Crippen LogP contribution in [0.25, 0.3) is 0 Å². The number of carbonyl (C=O) groups excluding carboxylic acids is 3. The molecule has 0 saturated carbocycles. The summed E-state index contributed by atoms with van der Waals surface area (Å²) < 4.78 is 36.3. The van der Waals surface area contributed by atoms with Crippen LogP contribution < -0.4 is 10.6 Å². The molecule has 14 nitrogen and oxygen atoms in total. The molecule has 0 spiro atoms. The molecule has 2 fully saturated rings. The van der Waals surface area contributed by atoms with Crippen molar-refractivity contribution in [2.45, 2.75) is 131 Å². The number of piperidine rings is 1. The highest BCUT2D eigenvalue weighted by molar-refractivity contribution is 7.80. The predicted molar refractivity (Wildman–Crippen MR) is 178 cm³/mol. The number of quaternary nitrogens is 1. The van der Waals surface area contributed by atoms with Crippen LogP contribution in [0.4, 0.5) is 9.59 Å². The second-order valence-electron chi connectivity index (χ2n) is 14.0. The normalized spacial score (nSPS) is 18.2. The molecule has 0 aromatic rings. The lowest BCUT2D eigenvalue weighted by Crippen LogP contribution is -2.50. The van der Waals surface area contributed by atoms with Crippen molar-refractivity contribution in [3.8, 4) is 0 Å². The third kappa shape index (κ3) is 16.2. The molecule has 0 radical (unpaired) electrons. The van der Waals surface area contributed by atoms with E-state index in [2.05, 4.69) is 37.5 Å². The zero-order chi connectivity index (χ0) is 35.7. The summed E-state index contributed by atoms with van der Waals surface area (Å²) in [6.45, 7) is 21.1. The number of amides is 4. The number of fused-ring (bicyclic) bond motifs is 2. The van der Waals surface area contributed by atoms with Gasteiger partial charge in [0, 0.05) is 19.6 Å². The summed E-state index contributed by atoms with van der Waals surface area (Å²) in [5.74, 6) is -0.634. The number of carbonyl (C=O) groups is 3. The second-order valence-corrected chi connectivity index (χ2v) is 15.0. The third-order valence-corrected chi connectivity index (χ3v) is 9.12. The molecular formula is C32H63N5O9S. The van der Waals surface area contributed by atoms with E-state index in [0.29, 0.717) is 11.5 Å². The first-order chi connectivity index (χ1) is 22.0. The van der Waals surface area contributed by atoms with Crippen LogP contribution >= 0.6 is 0 Å². The van der Waals surface area contributed by atoms with Crippen LogP contribution in [-0.2, 0) is 24.3 Å². The van der Waals surface area contributed by atoms with Gasteiger partial charge in [-0.15, -0.1) is 4.28 Å². The number of hydrogen-bond donors (Lipinski definition) is 2. The topological polar surface area (TPSA) is 169 Å². The van der Waals surface area contributed by atoms with Gasteiger partial charge in [0.25, 0.3) is 5.91 Å². The van der Waals surface area contributed by atoms with Gasteiger partial charge in [-0.05, 0) is 50.4 Å². The fourth-order valence-corrected chi connectivity index (χ4v) is 6.25. The minimum Gasteiger partial charge on any atom is -0.530 e. The quantitative estimate of drug-likeness (QED) is 0.0778. The van der Waals surface area contributed by atoms with Crippen molar-refractivity contribution in [3.63, 3.8) is 0 Å².